The van der Waals surface area contributed by atoms with Crippen molar-refractivity contribution >= 4 is 16.9 Å². The number of aromatic nitrogens is 2. The largest absolute Gasteiger partial charge is 0.409 e. The molecule has 0 bridgehead atoms. The predicted octanol–water partition coefficient (Wildman–Crippen LogP) is 1.96. The van der Waals surface area contributed by atoms with E-state index in [1.807, 2.05) is 0 Å². The molecule has 8 heteroatoms. The standard InChI is InChI=1S/C11H11F3N4O/c12-11(13,14)7(10(15)17-19)5-18-6-16-8-3-1-2-4-9(8)18/h1-4,6-7,19H,5H2,(H2,15,17). The first-order chi connectivity index (χ1) is 8.93. The van der Waals surface area contributed by atoms with Crippen molar-refractivity contribution in [2.24, 2.45) is 16.8 Å². The van der Waals surface area contributed by atoms with Gasteiger partial charge in [0, 0.05) is 6.54 Å². The van der Waals surface area contributed by atoms with Gasteiger partial charge in [0.2, 0.25) is 0 Å². The van der Waals surface area contributed by atoms with Crippen molar-refractivity contribution < 1.29 is 18.4 Å². The van der Waals surface area contributed by atoms with E-state index in [0.29, 0.717) is 11.0 Å². The monoisotopic (exact) mass is 272 g/mol. The molecule has 0 spiro atoms. The Morgan fingerprint density at radius 3 is 2.74 bits per heavy atom. The molecule has 5 nitrogen and oxygen atoms in total. The second-order valence-electron chi connectivity index (χ2n) is 4.00. The van der Waals surface area contributed by atoms with E-state index in [9.17, 15) is 13.2 Å². The van der Waals surface area contributed by atoms with E-state index in [1.165, 1.54) is 10.9 Å². The van der Waals surface area contributed by atoms with E-state index >= 15 is 0 Å². The molecule has 0 aliphatic carbocycles. The zero-order valence-corrected chi connectivity index (χ0v) is 9.67. The van der Waals surface area contributed by atoms with Crippen molar-refractivity contribution in [1.82, 2.24) is 9.55 Å². The van der Waals surface area contributed by atoms with E-state index < -0.39 is 24.5 Å². The number of imidazole rings is 1. The Morgan fingerprint density at radius 1 is 1.42 bits per heavy atom. The molecule has 1 aromatic heterocycles. The van der Waals surface area contributed by atoms with Crippen LogP contribution in [0.25, 0.3) is 11.0 Å². The van der Waals surface area contributed by atoms with Crippen LogP contribution in [-0.4, -0.2) is 26.8 Å². The number of hydrogen-bond donors (Lipinski definition) is 2. The Balaban J connectivity index is 2.37. The number of hydrogen-bond acceptors (Lipinski definition) is 3. The van der Waals surface area contributed by atoms with E-state index in [4.69, 9.17) is 10.9 Å². The number of halogens is 3. The lowest BCUT2D eigenvalue weighted by Crippen LogP contribution is -2.38. The maximum Gasteiger partial charge on any atom is 0.400 e. The van der Waals surface area contributed by atoms with Gasteiger partial charge in [-0.15, -0.1) is 0 Å². The molecule has 3 N–H and O–H groups in total. The lowest BCUT2D eigenvalue weighted by Gasteiger charge is -2.19. The zero-order chi connectivity index (χ0) is 14.0. The number of benzene rings is 1. The molecule has 1 heterocycles. The Labute approximate surface area is 106 Å². The molecule has 0 amide bonds. The van der Waals surface area contributed by atoms with Gasteiger partial charge in [-0.25, -0.2) is 4.98 Å². The Kier molecular flexibility index (Phi) is 3.32. The number of rotatable bonds is 3. The lowest BCUT2D eigenvalue weighted by molar-refractivity contribution is -0.158. The SMILES string of the molecule is N/C(=N/O)C(Cn1cnc2ccccc21)C(F)(F)F. The van der Waals surface area contributed by atoms with E-state index in [2.05, 4.69) is 10.1 Å². The summed E-state index contributed by atoms with van der Waals surface area (Å²) in [5, 5.41) is 10.9. The second-order valence-corrected chi connectivity index (χ2v) is 4.00. The number of amidine groups is 1. The van der Waals surface area contributed by atoms with Crippen LogP contribution in [0.4, 0.5) is 13.2 Å². The maximum atomic E-state index is 12.8. The summed E-state index contributed by atoms with van der Waals surface area (Å²) >= 11 is 0. The summed E-state index contributed by atoms with van der Waals surface area (Å²) in [6, 6.07) is 6.79. The third-order valence-electron chi connectivity index (χ3n) is 2.77. The van der Waals surface area contributed by atoms with Crippen LogP contribution in [0, 0.1) is 5.92 Å². The summed E-state index contributed by atoms with van der Waals surface area (Å²) < 4.78 is 39.9. The minimum Gasteiger partial charge on any atom is -0.409 e. The van der Waals surface area contributed by atoms with Crippen LogP contribution in [0.3, 0.4) is 0 Å². The average molecular weight is 272 g/mol. The number of para-hydroxylation sites is 2. The normalized spacial score (nSPS) is 14.8. The molecular weight excluding hydrogens is 261 g/mol. The highest BCUT2D eigenvalue weighted by Gasteiger charge is 2.43. The third kappa shape index (κ3) is 2.61. The summed E-state index contributed by atoms with van der Waals surface area (Å²) in [5.74, 6) is -2.93. The molecule has 0 saturated heterocycles. The van der Waals surface area contributed by atoms with Crippen molar-refractivity contribution in [3.05, 3.63) is 30.6 Å². The van der Waals surface area contributed by atoms with Crippen LogP contribution < -0.4 is 5.73 Å². The highest BCUT2D eigenvalue weighted by molar-refractivity contribution is 5.83. The Morgan fingerprint density at radius 2 is 2.11 bits per heavy atom. The Bertz CT molecular complexity index is 605. The van der Waals surface area contributed by atoms with Gasteiger partial charge in [0.1, 0.15) is 5.92 Å². The predicted molar refractivity (Wildman–Crippen MR) is 62.7 cm³/mol. The van der Waals surface area contributed by atoms with Gasteiger partial charge in [-0.3, -0.25) is 0 Å². The first kappa shape index (κ1) is 13.2. The quantitative estimate of drug-likeness (QED) is 0.388. The fourth-order valence-electron chi connectivity index (χ4n) is 1.79. The van der Waals surface area contributed by atoms with Crippen LogP contribution in [-0.2, 0) is 6.54 Å². The van der Waals surface area contributed by atoms with Gasteiger partial charge in [0.05, 0.1) is 17.4 Å². The number of oxime groups is 1. The third-order valence-corrected chi connectivity index (χ3v) is 2.77. The summed E-state index contributed by atoms with van der Waals surface area (Å²) in [5.41, 5.74) is 6.25. The fraction of sp³-hybridized carbons (Fsp3) is 0.273. The first-order valence-corrected chi connectivity index (χ1v) is 5.37. The molecule has 0 saturated carbocycles. The molecule has 19 heavy (non-hydrogen) atoms. The van der Waals surface area contributed by atoms with E-state index in [0.717, 1.165) is 0 Å². The highest BCUT2D eigenvalue weighted by atomic mass is 19.4. The van der Waals surface area contributed by atoms with Crippen molar-refractivity contribution in [2.45, 2.75) is 12.7 Å². The van der Waals surface area contributed by atoms with Crippen molar-refractivity contribution in [2.75, 3.05) is 0 Å². The van der Waals surface area contributed by atoms with Crippen LogP contribution in [0.5, 0.6) is 0 Å². The van der Waals surface area contributed by atoms with E-state index in [1.54, 1.807) is 24.3 Å². The molecule has 2 rings (SSSR count). The van der Waals surface area contributed by atoms with Gasteiger partial charge in [0.25, 0.3) is 0 Å². The second kappa shape index (κ2) is 4.79. The molecule has 102 valence electrons. The van der Waals surface area contributed by atoms with Crippen LogP contribution in [0.1, 0.15) is 0 Å². The minimum absolute atomic E-state index is 0.486. The van der Waals surface area contributed by atoms with Gasteiger partial charge in [-0.05, 0) is 12.1 Å². The van der Waals surface area contributed by atoms with Crippen molar-refractivity contribution in [3.8, 4) is 0 Å². The Hall–Kier alpha value is -2.25. The fourth-order valence-corrected chi connectivity index (χ4v) is 1.79. The number of nitrogens with zero attached hydrogens (tertiary/aromatic N) is 3. The molecular formula is C11H11F3N4O. The summed E-state index contributed by atoms with van der Waals surface area (Å²) in [4.78, 5) is 3.99. The number of nitrogens with two attached hydrogens (primary N) is 1. The molecule has 2 aromatic rings. The summed E-state index contributed by atoms with van der Waals surface area (Å²) in [6.45, 7) is -0.486. The molecule has 0 fully saturated rings. The summed E-state index contributed by atoms with van der Waals surface area (Å²) in [6.07, 6.45) is -3.30. The van der Waals surface area contributed by atoms with Crippen LogP contribution >= 0.6 is 0 Å². The molecule has 1 atom stereocenters. The maximum absolute atomic E-state index is 12.8. The zero-order valence-electron chi connectivity index (χ0n) is 9.67. The van der Waals surface area contributed by atoms with Crippen LogP contribution in [0.2, 0.25) is 0 Å². The van der Waals surface area contributed by atoms with Gasteiger partial charge in [0.15, 0.2) is 5.84 Å². The average Bonchev–Trinajstić information content (AvgIpc) is 2.77. The number of alkyl halides is 3. The van der Waals surface area contributed by atoms with Crippen LogP contribution in [0.15, 0.2) is 35.7 Å². The van der Waals surface area contributed by atoms with Gasteiger partial charge < -0.3 is 15.5 Å². The molecule has 0 radical (unpaired) electrons. The van der Waals surface area contributed by atoms with Gasteiger partial charge >= 0.3 is 6.18 Å². The molecule has 1 unspecified atom stereocenters. The molecule has 0 aliphatic heterocycles. The van der Waals surface area contributed by atoms with Gasteiger partial charge in [-0.2, -0.15) is 13.2 Å². The van der Waals surface area contributed by atoms with Crippen molar-refractivity contribution in [3.63, 3.8) is 0 Å². The minimum atomic E-state index is -4.60. The molecule has 1 aromatic carbocycles. The summed E-state index contributed by atoms with van der Waals surface area (Å²) in [7, 11) is 0. The van der Waals surface area contributed by atoms with Crippen molar-refractivity contribution in [1.29, 1.82) is 0 Å². The number of fused-ring (bicyclic) bond motifs is 1. The van der Waals surface area contributed by atoms with E-state index in [-0.39, 0.29) is 0 Å². The lowest BCUT2D eigenvalue weighted by atomic mass is 10.1. The highest BCUT2D eigenvalue weighted by Crippen LogP contribution is 2.28. The topological polar surface area (TPSA) is 76.4 Å². The molecule has 0 aliphatic rings. The van der Waals surface area contributed by atoms with Gasteiger partial charge in [-0.1, -0.05) is 17.3 Å². The smallest absolute Gasteiger partial charge is 0.400 e. The first-order valence-electron chi connectivity index (χ1n) is 5.37.